The van der Waals surface area contributed by atoms with Crippen molar-refractivity contribution in [2.24, 2.45) is 5.92 Å². The fraction of sp³-hybridized carbons (Fsp3) is 0.643. The average Bonchev–Trinajstić information content (AvgIpc) is 2.46. The van der Waals surface area contributed by atoms with E-state index in [1.54, 1.807) is 13.3 Å². The number of hydrogen-bond donors (Lipinski definition) is 1. The van der Waals surface area contributed by atoms with Gasteiger partial charge in [0.25, 0.3) is 0 Å². The second-order valence-electron chi connectivity index (χ2n) is 4.89. The van der Waals surface area contributed by atoms with Crippen LogP contribution in [0, 0.1) is 5.92 Å². The molecule has 1 aromatic rings. The summed E-state index contributed by atoms with van der Waals surface area (Å²) in [7, 11) is 1.64. The maximum Gasteiger partial charge on any atom is 0.306 e. The van der Waals surface area contributed by atoms with Crippen LogP contribution in [0.25, 0.3) is 0 Å². The van der Waals surface area contributed by atoms with Crippen molar-refractivity contribution in [3.63, 3.8) is 0 Å². The first-order chi connectivity index (χ1) is 9.70. The van der Waals surface area contributed by atoms with Gasteiger partial charge in [-0.2, -0.15) is 0 Å². The fourth-order valence-corrected chi connectivity index (χ4v) is 2.29. The largest absolute Gasteiger partial charge is 0.481 e. The molecule has 0 aliphatic heterocycles. The van der Waals surface area contributed by atoms with Gasteiger partial charge in [-0.3, -0.25) is 4.79 Å². The Labute approximate surface area is 118 Å². The molecule has 0 spiro atoms. The summed E-state index contributed by atoms with van der Waals surface area (Å²) in [5.74, 6) is -0.268. The van der Waals surface area contributed by atoms with E-state index in [1.165, 1.54) is 0 Å². The Hall–Kier alpha value is -1.53. The van der Waals surface area contributed by atoms with E-state index in [0.29, 0.717) is 45.5 Å². The van der Waals surface area contributed by atoms with Gasteiger partial charge in [0, 0.05) is 25.4 Å². The molecule has 1 unspecified atom stereocenters. The average molecular weight is 280 g/mol. The van der Waals surface area contributed by atoms with E-state index < -0.39 is 5.97 Å². The van der Waals surface area contributed by atoms with E-state index in [2.05, 4.69) is 9.97 Å². The molecule has 1 heterocycles. The van der Waals surface area contributed by atoms with Gasteiger partial charge in [-0.1, -0.05) is 0 Å². The number of ether oxygens (including phenoxy) is 2. The maximum atomic E-state index is 11.0. The zero-order valence-electron chi connectivity index (χ0n) is 11.7. The maximum absolute atomic E-state index is 11.0. The van der Waals surface area contributed by atoms with Crippen molar-refractivity contribution in [1.82, 2.24) is 9.97 Å². The van der Waals surface area contributed by atoms with Gasteiger partial charge < -0.3 is 14.6 Å². The molecule has 0 radical (unpaired) electrons. The van der Waals surface area contributed by atoms with Crippen molar-refractivity contribution in [2.75, 3.05) is 26.9 Å². The highest BCUT2D eigenvalue weighted by atomic mass is 16.5. The van der Waals surface area contributed by atoms with Gasteiger partial charge in [-0.25, -0.2) is 9.97 Å². The molecule has 0 aromatic carbocycles. The number of nitrogens with zero attached hydrogens (tertiary/aromatic N) is 2. The molecule has 2 rings (SSSR count). The van der Waals surface area contributed by atoms with Crippen LogP contribution >= 0.6 is 0 Å². The standard InChI is InChI=1S/C14H20N2O4/c1-19-6-7-20-5-4-13-15-9-11-8-10(14(17)18)2-3-12(11)16-13/h9-10H,2-8H2,1H3,(H,17,18). The quantitative estimate of drug-likeness (QED) is 0.746. The number of fused-ring (bicyclic) bond motifs is 1. The lowest BCUT2D eigenvalue weighted by atomic mass is 9.87. The first-order valence-electron chi connectivity index (χ1n) is 6.84. The summed E-state index contributed by atoms with van der Waals surface area (Å²) in [4.78, 5) is 19.8. The third kappa shape index (κ3) is 3.98. The van der Waals surface area contributed by atoms with Gasteiger partial charge in [-0.15, -0.1) is 0 Å². The van der Waals surface area contributed by atoms with Gasteiger partial charge in [0.1, 0.15) is 5.82 Å². The van der Waals surface area contributed by atoms with Crippen molar-refractivity contribution < 1.29 is 19.4 Å². The molecule has 1 atom stereocenters. The second kappa shape index (κ2) is 7.31. The van der Waals surface area contributed by atoms with E-state index in [-0.39, 0.29) is 5.92 Å². The van der Waals surface area contributed by atoms with Crippen LogP contribution < -0.4 is 0 Å². The van der Waals surface area contributed by atoms with E-state index >= 15 is 0 Å². The van der Waals surface area contributed by atoms with Crippen molar-refractivity contribution >= 4 is 5.97 Å². The fourth-order valence-electron chi connectivity index (χ4n) is 2.29. The number of carboxylic acids is 1. The van der Waals surface area contributed by atoms with Crippen LogP contribution in [-0.2, 0) is 33.5 Å². The van der Waals surface area contributed by atoms with Crippen LogP contribution in [0.5, 0.6) is 0 Å². The molecule has 6 heteroatoms. The van der Waals surface area contributed by atoms with E-state index in [1.807, 2.05) is 0 Å². The summed E-state index contributed by atoms with van der Waals surface area (Å²) in [6.45, 7) is 1.73. The molecule has 110 valence electrons. The predicted octanol–water partition coefficient (Wildman–Crippen LogP) is 0.872. The van der Waals surface area contributed by atoms with E-state index in [0.717, 1.165) is 17.1 Å². The predicted molar refractivity (Wildman–Crippen MR) is 71.6 cm³/mol. The topological polar surface area (TPSA) is 81.5 Å². The molecule has 1 aliphatic rings. The molecule has 0 bridgehead atoms. The lowest BCUT2D eigenvalue weighted by Gasteiger charge is -2.20. The molecule has 1 aromatic heterocycles. The van der Waals surface area contributed by atoms with Gasteiger partial charge in [-0.05, 0) is 24.8 Å². The minimum absolute atomic E-state index is 0.297. The summed E-state index contributed by atoms with van der Waals surface area (Å²) in [6.07, 6.45) is 4.34. The monoisotopic (exact) mass is 280 g/mol. The summed E-state index contributed by atoms with van der Waals surface area (Å²) in [5, 5.41) is 9.04. The molecule has 6 nitrogen and oxygen atoms in total. The van der Waals surface area contributed by atoms with Crippen molar-refractivity contribution in [2.45, 2.75) is 25.7 Å². The smallest absolute Gasteiger partial charge is 0.306 e. The Morgan fingerprint density at radius 1 is 1.45 bits per heavy atom. The van der Waals surface area contributed by atoms with E-state index in [4.69, 9.17) is 14.6 Å². The Bertz CT molecular complexity index is 464. The molecular weight excluding hydrogens is 260 g/mol. The minimum atomic E-state index is -0.730. The van der Waals surface area contributed by atoms with Crippen molar-refractivity contribution in [3.05, 3.63) is 23.3 Å². The molecule has 0 amide bonds. The Balaban J connectivity index is 1.87. The van der Waals surface area contributed by atoms with Gasteiger partial charge in [0.05, 0.1) is 25.7 Å². The lowest BCUT2D eigenvalue weighted by molar-refractivity contribution is -0.142. The van der Waals surface area contributed by atoms with Crippen molar-refractivity contribution in [1.29, 1.82) is 0 Å². The van der Waals surface area contributed by atoms with Gasteiger partial charge >= 0.3 is 5.97 Å². The number of aliphatic carboxylic acids is 1. The number of hydrogen-bond acceptors (Lipinski definition) is 5. The number of aromatic nitrogens is 2. The van der Waals surface area contributed by atoms with Gasteiger partial charge in [0.15, 0.2) is 0 Å². The summed E-state index contributed by atoms with van der Waals surface area (Å²) in [5.41, 5.74) is 1.96. The highest BCUT2D eigenvalue weighted by Crippen LogP contribution is 2.23. The minimum Gasteiger partial charge on any atom is -0.481 e. The highest BCUT2D eigenvalue weighted by Gasteiger charge is 2.25. The van der Waals surface area contributed by atoms with Gasteiger partial charge in [0.2, 0.25) is 0 Å². The molecular formula is C14H20N2O4. The molecule has 0 fully saturated rings. The number of carbonyl (C=O) groups is 1. The molecule has 1 N–H and O–H groups in total. The summed E-state index contributed by atoms with van der Waals surface area (Å²) >= 11 is 0. The number of methoxy groups -OCH3 is 1. The summed E-state index contributed by atoms with van der Waals surface area (Å²) < 4.78 is 10.3. The zero-order valence-corrected chi connectivity index (χ0v) is 11.7. The molecule has 20 heavy (non-hydrogen) atoms. The zero-order chi connectivity index (χ0) is 14.4. The Morgan fingerprint density at radius 2 is 2.30 bits per heavy atom. The first kappa shape index (κ1) is 14.9. The molecule has 1 aliphatic carbocycles. The number of carboxylic acid groups (broad SMARTS) is 1. The third-order valence-corrected chi connectivity index (χ3v) is 3.45. The third-order valence-electron chi connectivity index (χ3n) is 3.45. The Morgan fingerprint density at radius 3 is 3.05 bits per heavy atom. The highest BCUT2D eigenvalue weighted by molar-refractivity contribution is 5.70. The van der Waals surface area contributed by atoms with Crippen molar-refractivity contribution in [3.8, 4) is 0 Å². The number of rotatable bonds is 7. The number of aryl methyl sites for hydroxylation is 1. The first-order valence-corrected chi connectivity index (χ1v) is 6.84. The Kier molecular flexibility index (Phi) is 5.43. The van der Waals surface area contributed by atoms with Crippen LogP contribution in [0.4, 0.5) is 0 Å². The van der Waals surface area contributed by atoms with Crippen LogP contribution in [-0.4, -0.2) is 48.0 Å². The van der Waals surface area contributed by atoms with E-state index in [9.17, 15) is 4.79 Å². The van der Waals surface area contributed by atoms with Crippen LogP contribution in [0.1, 0.15) is 23.5 Å². The lowest BCUT2D eigenvalue weighted by Crippen LogP contribution is -2.23. The second-order valence-corrected chi connectivity index (χ2v) is 4.89. The SMILES string of the molecule is COCCOCCc1ncc2c(n1)CCC(C(=O)O)C2. The normalized spacial score (nSPS) is 17.8. The molecule has 0 saturated carbocycles. The van der Waals surface area contributed by atoms with Crippen LogP contribution in [0.3, 0.4) is 0 Å². The van der Waals surface area contributed by atoms with Crippen LogP contribution in [0.15, 0.2) is 6.20 Å². The molecule has 0 saturated heterocycles. The summed E-state index contributed by atoms with van der Waals surface area (Å²) in [6, 6.07) is 0. The van der Waals surface area contributed by atoms with Crippen LogP contribution in [0.2, 0.25) is 0 Å².